The Labute approximate surface area is 109 Å². The maximum Gasteiger partial charge on any atom is 0.154 e. The highest BCUT2D eigenvalue weighted by Crippen LogP contribution is 2.31. The first-order valence-corrected chi connectivity index (χ1v) is 7.96. The topological polar surface area (TPSA) is 76.9 Å². The van der Waals surface area contributed by atoms with Crippen molar-refractivity contribution in [2.75, 3.05) is 12.8 Å². The van der Waals surface area contributed by atoms with Crippen LogP contribution in [-0.2, 0) is 16.4 Å². The van der Waals surface area contributed by atoms with E-state index in [0.717, 1.165) is 5.69 Å². The highest BCUT2D eigenvalue weighted by atomic mass is 32.2. The number of sulfone groups is 1. The highest BCUT2D eigenvalue weighted by Gasteiger charge is 2.41. The van der Waals surface area contributed by atoms with E-state index in [1.807, 2.05) is 13.8 Å². The molecule has 1 heterocycles. The average Bonchev–Trinajstić information content (AvgIpc) is 2.71. The molecule has 104 valence electrons. The summed E-state index contributed by atoms with van der Waals surface area (Å²) in [7, 11) is -3.21. The van der Waals surface area contributed by atoms with Crippen molar-refractivity contribution in [3.63, 3.8) is 0 Å². The summed E-state index contributed by atoms with van der Waals surface area (Å²) >= 11 is 0. The third-order valence-electron chi connectivity index (χ3n) is 3.30. The fourth-order valence-corrected chi connectivity index (χ4v) is 2.49. The summed E-state index contributed by atoms with van der Waals surface area (Å²) in [5.41, 5.74) is 0.801. The molecular weight excluding hydrogens is 252 g/mol. The van der Waals surface area contributed by atoms with Crippen LogP contribution in [0.4, 0.5) is 0 Å². The normalized spacial score (nSPS) is 14.7. The van der Waals surface area contributed by atoms with E-state index < -0.39 is 14.6 Å². The molecule has 7 heteroatoms. The van der Waals surface area contributed by atoms with Crippen LogP contribution in [-0.4, -0.2) is 41.0 Å². The first kappa shape index (κ1) is 15.1. The molecule has 0 aliphatic carbocycles. The lowest BCUT2D eigenvalue weighted by Crippen LogP contribution is -2.45. The van der Waals surface area contributed by atoms with Crippen LogP contribution in [0.2, 0.25) is 0 Å². The minimum Gasteiger partial charge on any atom is -0.308 e. The second-order valence-corrected chi connectivity index (χ2v) is 7.44. The maximum absolute atomic E-state index is 12.0. The van der Waals surface area contributed by atoms with Gasteiger partial charge >= 0.3 is 0 Å². The molecule has 1 aromatic rings. The van der Waals surface area contributed by atoms with Gasteiger partial charge in [0, 0.05) is 12.8 Å². The Morgan fingerprint density at radius 2 is 2.06 bits per heavy atom. The molecule has 0 spiro atoms. The van der Waals surface area contributed by atoms with Crippen molar-refractivity contribution in [3.8, 4) is 0 Å². The van der Waals surface area contributed by atoms with Crippen molar-refractivity contribution >= 4 is 9.84 Å². The Morgan fingerprint density at radius 1 is 1.44 bits per heavy atom. The summed E-state index contributed by atoms with van der Waals surface area (Å²) in [6.07, 6.45) is 2.89. The number of nitrogens with one attached hydrogen (secondary N) is 1. The molecular formula is C11H22N4O2S. The Kier molecular flexibility index (Phi) is 4.50. The zero-order valence-corrected chi connectivity index (χ0v) is 12.5. The fourth-order valence-electron chi connectivity index (χ4n) is 1.86. The molecule has 0 radical (unpaired) electrons. The van der Waals surface area contributed by atoms with E-state index in [9.17, 15) is 8.42 Å². The molecule has 1 rings (SSSR count). The SMILES string of the molecule is CCNC(c1cnnn1CC)C(C)(C)S(C)(=O)=O. The number of hydrogen-bond acceptors (Lipinski definition) is 5. The first-order valence-electron chi connectivity index (χ1n) is 6.07. The summed E-state index contributed by atoms with van der Waals surface area (Å²) in [6, 6.07) is -0.326. The molecule has 18 heavy (non-hydrogen) atoms. The van der Waals surface area contributed by atoms with E-state index in [-0.39, 0.29) is 6.04 Å². The zero-order chi connectivity index (χ0) is 14.0. The summed E-state index contributed by atoms with van der Waals surface area (Å²) < 4.78 is 24.8. The molecule has 0 amide bonds. The third-order valence-corrected chi connectivity index (χ3v) is 5.45. The molecule has 1 aromatic heterocycles. The van der Waals surface area contributed by atoms with E-state index in [1.54, 1.807) is 24.7 Å². The largest absolute Gasteiger partial charge is 0.308 e. The second-order valence-electron chi connectivity index (χ2n) is 4.84. The van der Waals surface area contributed by atoms with Crippen LogP contribution in [0.5, 0.6) is 0 Å². The van der Waals surface area contributed by atoms with Crippen LogP contribution >= 0.6 is 0 Å². The van der Waals surface area contributed by atoms with Crippen molar-refractivity contribution in [2.24, 2.45) is 0 Å². The fraction of sp³-hybridized carbons (Fsp3) is 0.818. The van der Waals surface area contributed by atoms with Gasteiger partial charge in [0.25, 0.3) is 0 Å². The summed E-state index contributed by atoms with van der Waals surface area (Å²) in [4.78, 5) is 0. The van der Waals surface area contributed by atoms with Crippen molar-refractivity contribution in [2.45, 2.75) is 45.0 Å². The average molecular weight is 274 g/mol. The van der Waals surface area contributed by atoms with E-state index in [0.29, 0.717) is 13.1 Å². The minimum atomic E-state index is -3.21. The lowest BCUT2D eigenvalue weighted by atomic mass is 10.00. The van der Waals surface area contributed by atoms with E-state index in [1.165, 1.54) is 6.26 Å². The van der Waals surface area contributed by atoms with Gasteiger partial charge in [0.2, 0.25) is 0 Å². The molecule has 0 saturated heterocycles. The van der Waals surface area contributed by atoms with Gasteiger partial charge in [0.05, 0.1) is 22.7 Å². The summed E-state index contributed by atoms with van der Waals surface area (Å²) in [6.45, 7) is 8.70. The van der Waals surface area contributed by atoms with Crippen LogP contribution in [0.1, 0.15) is 39.4 Å². The van der Waals surface area contributed by atoms with Crippen LogP contribution in [0.15, 0.2) is 6.20 Å². The predicted molar refractivity (Wildman–Crippen MR) is 71.0 cm³/mol. The van der Waals surface area contributed by atoms with Gasteiger partial charge in [-0.25, -0.2) is 13.1 Å². The predicted octanol–water partition coefficient (Wildman–Crippen LogP) is 0.772. The third kappa shape index (κ3) is 2.72. The van der Waals surface area contributed by atoms with Gasteiger partial charge < -0.3 is 5.32 Å². The molecule has 1 N–H and O–H groups in total. The molecule has 0 aromatic carbocycles. The summed E-state index contributed by atoms with van der Waals surface area (Å²) in [5, 5.41) is 11.1. The molecule has 0 bridgehead atoms. The summed E-state index contributed by atoms with van der Waals surface area (Å²) in [5.74, 6) is 0. The minimum absolute atomic E-state index is 0.326. The first-order chi connectivity index (χ1) is 8.25. The van der Waals surface area contributed by atoms with E-state index in [2.05, 4.69) is 15.6 Å². The van der Waals surface area contributed by atoms with E-state index >= 15 is 0 Å². The lowest BCUT2D eigenvalue weighted by molar-refractivity contribution is 0.400. The smallest absolute Gasteiger partial charge is 0.154 e. The van der Waals surface area contributed by atoms with Gasteiger partial charge in [-0.05, 0) is 27.3 Å². The Hall–Kier alpha value is -0.950. The molecule has 0 aliphatic heterocycles. The van der Waals surface area contributed by atoms with Crippen LogP contribution in [0.3, 0.4) is 0 Å². The van der Waals surface area contributed by atoms with Crippen molar-refractivity contribution in [1.29, 1.82) is 0 Å². The van der Waals surface area contributed by atoms with Gasteiger partial charge in [-0.2, -0.15) is 0 Å². The quantitative estimate of drug-likeness (QED) is 0.829. The van der Waals surface area contributed by atoms with Crippen LogP contribution < -0.4 is 5.32 Å². The molecule has 0 aliphatic rings. The lowest BCUT2D eigenvalue weighted by Gasteiger charge is -2.33. The number of aromatic nitrogens is 3. The number of rotatable bonds is 6. The van der Waals surface area contributed by atoms with Gasteiger partial charge in [-0.15, -0.1) is 5.10 Å². The maximum atomic E-state index is 12.0. The Bertz CT molecular complexity index is 493. The van der Waals surface area contributed by atoms with Crippen LogP contribution in [0, 0.1) is 0 Å². The van der Waals surface area contributed by atoms with Crippen molar-refractivity contribution in [3.05, 3.63) is 11.9 Å². The van der Waals surface area contributed by atoms with Gasteiger partial charge in [-0.3, -0.25) is 0 Å². The van der Waals surface area contributed by atoms with Gasteiger partial charge in [-0.1, -0.05) is 12.1 Å². The van der Waals surface area contributed by atoms with Crippen molar-refractivity contribution < 1.29 is 8.42 Å². The van der Waals surface area contributed by atoms with Crippen molar-refractivity contribution in [1.82, 2.24) is 20.3 Å². The molecule has 1 atom stereocenters. The Morgan fingerprint density at radius 3 is 2.50 bits per heavy atom. The van der Waals surface area contributed by atoms with Gasteiger partial charge in [0.15, 0.2) is 9.84 Å². The monoisotopic (exact) mass is 274 g/mol. The highest BCUT2D eigenvalue weighted by molar-refractivity contribution is 7.92. The van der Waals surface area contributed by atoms with Gasteiger partial charge in [0.1, 0.15) is 0 Å². The number of aryl methyl sites for hydroxylation is 1. The molecule has 1 unspecified atom stereocenters. The standard InChI is InChI=1S/C11H22N4O2S/c1-6-12-10(11(3,4)18(5,16)17)9-8-13-14-15(9)7-2/h8,10,12H,6-7H2,1-5H3. The van der Waals surface area contributed by atoms with E-state index in [4.69, 9.17) is 0 Å². The second kappa shape index (κ2) is 5.36. The molecule has 0 saturated carbocycles. The number of hydrogen-bond donors (Lipinski definition) is 1. The molecule has 0 fully saturated rings. The Balaban J connectivity index is 3.27. The van der Waals surface area contributed by atoms with Crippen LogP contribution in [0.25, 0.3) is 0 Å². The number of nitrogens with zero attached hydrogens (tertiary/aromatic N) is 3. The molecule has 6 nitrogen and oxygen atoms in total. The zero-order valence-electron chi connectivity index (χ0n) is 11.6.